The number of nitrogens with zero attached hydrogens (tertiary/aromatic N) is 1. The molecule has 0 atom stereocenters. The molecular weight excluding hydrogens is 332 g/mol. The van der Waals surface area contributed by atoms with Gasteiger partial charge in [-0.25, -0.2) is 10.3 Å². The average molecular weight is 371 g/mol. The van der Waals surface area contributed by atoms with Crippen LogP contribution in [0, 0.1) is 0 Å². The molecule has 0 bridgehead atoms. The molecule has 0 radical (unpaired) electrons. The van der Waals surface area contributed by atoms with Gasteiger partial charge in [-0.1, -0.05) is 27.7 Å². The van der Waals surface area contributed by atoms with Gasteiger partial charge in [-0.15, -0.1) is 12.4 Å². The van der Waals surface area contributed by atoms with Crippen molar-refractivity contribution in [2.24, 2.45) is 0 Å². The smallest absolute Gasteiger partial charge is 0.434 e. The van der Waals surface area contributed by atoms with E-state index in [0.29, 0.717) is 13.2 Å². The van der Waals surface area contributed by atoms with E-state index in [2.05, 4.69) is 19.3 Å². The Hall–Kier alpha value is -0.560. The van der Waals surface area contributed by atoms with Crippen molar-refractivity contribution in [3.05, 3.63) is 0 Å². The van der Waals surface area contributed by atoms with Crippen molar-refractivity contribution < 1.29 is 19.2 Å². The molecule has 148 valence electrons. The lowest BCUT2D eigenvalue weighted by atomic mass is 10.2. The average Bonchev–Trinajstić information content (AvgIpc) is 2.47. The molecule has 0 unspecified atom stereocenters. The van der Waals surface area contributed by atoms with Gasteiger partial charge in [-0.2, -0.15) is 5.06 Å². The second-order valence-corrected chi connectivity index (χ2v) is 6.16. The molecule has 0 fully saturated rings. The fourth-order valence-corrected chi connectivity index (χ4v) is 1.27. The molecule has 0 aromatic carbocycles. The summed E-state index contributed by atoms with van der Waals surface area (Å²) in [6.45, 7) is 16.6. The Kier molecular flexibility index (Phi) is 22.1. The number of nitrogens with one attached hydrogen (secondary N) is 1. The number of halogens is 1. The topological polar surface area (TPSA) is 60.0 Å². The lowest BCUT2D eigenvalue weighted by Crippen LogP contribution is -2.37. The van der Waals surface area contributed by atoms with Crippen LogP contribution in [0.5, 0.6) is 0 Å². The Labute approximate surface area is 154 Å². The Morgan fingerprint density at radius 3 is 1.96 bits per heavy atom. The van der Waals surface area contributed by atoms with Crippen LogP contribution in [0.25, 0.3) is 0 Å². The van der Waals surface area contributed by atoms with Gasteiger partial charge in [0.25, 0.3) is 0 Å². The summed E-state index contributed by atoms with van der Waals surface area (Å²) in [5.74, 6) is 0. The van der Waals surface area contributed by atoms with E-state index in [1.54, 1.807) is 0 Å². The van der Waals surface area contributed by atoms with Crippen LogP contribution < -0.4 is 5.48 Å². The zero-order valence-corrected chi connectivity index (χ0v) is 17.5. The molecule has 0 saturated carbocycles. The first-order valence-electron chi connectivity index (χ1n) is 8.80. The minimum absolute atomic E-state index is 0. The number of hydrogen-bond acceptors (Lipinski definition) is 5. The summed E-state index contributed by atoms with van der Waals surface area (Å²) < 4.78 is 5.21. The molecule has 6 nitrogen and oxygen atoms in total. The lowest BCUT2D eigenvalue weighted by Gasteiger charge is -2.26. The van der Waals surface area contributed by atoms with Crippen molar-refractivity contribution in [3.8, 4) is 0 Å². The lowest BCUT2D eigenvalue weighted by molar-refractivity contribution is -0.147. The largest absolute Gasteiger partial charge is 0.442 e. The first-order chi connectivity index (χ1) is 10.8. The maximum atomic E-state index is 11.6. The zero-order valence-electron chi connectivity index (χ0n) is 16.6. The molecule has 0 rings (SSSR count). The van der Waals surface area contributed by atoms with E-state index < -0.39 is 11.7 Å². The van der Waals surface area contributed by atoms with Crippen LogP contribution in [0.3, 0.4) is 0 Å². The van der Waals surface area contributed by atoms with Gasteiger partial charge in [0, 0.05) is 6.54 Å². The number of hydroxylamine groups is 3. The summed E-state index contributed by atoms with van der Waals surface area (Å²) in [4.78, 5) is 21.9. The van der Waals surface area contributed by atoms with Crippen LogP contribution in [-0.4, -0.2) is 43.1 Å². The summed E-state index contributed by atoms with van der Waals surface area (Å²) in [5, 5.41) is 1.30. The van der Waals surface area contributed by atoms with Crippen LogP contribution in [0.15, 0.2) is 0 Å². The fourth-order valence-electron chi connectivity index (χ4n) is 1.27. The van der Waals surface area contributed by atoms with Crippen LogP contribution in [-0.2, 0) is 14.4 Å². The van der Waals surface area contributed by atoms with Gasteiger partial charge in [0.15, 0.2) is 0 Å². The second kappa shape index (κ2) is 18.8. The summed E-state index contributed by atoms with van der Waals surface area (Å²) in [6, 6.07) is 0. The highest BCUT2D eigenvalue weighted by molar-refractivity contribution is 5.85. The number of rotatable bonds is 10. The van der Waals surface area contributed by atoms with E-state index in [4.69, 9.17) is 14.4 Å². The molecule has 1 amide bonds. The van der Waals surface area contributed by atoms with Crippen LogP contribution in [0.2, 0.25) is 0 Å². The van der Waals surface area contributed by atoms with Crippen molar-refractivity contribution in [2.45, 2.75) is 79.8 Å². The first-order valence-corrected chi connectivity index (χ1v) is 8.80. The number of carbonyl (C=O) groups excluding carboxylic acids is 1. The van der Waals surface area contributed by atoms with Crippen molar-refractivity contribution in [1.82, 2.24) is 10.5 Å². The predicted molar refractivity (Wildman–Crippen MR) is 101 cm³/mol. The van der Waals surface area contributed by atoms with Crippen LogP contribution in [0.1, 0.15) is 74.1 Å². The third-order valence-corrected chi connectivity index (χ3v) is 2.24. The highest BCUT2D eigenvalue weighted by Crippen LogP contribution is 2.10. The summed E-state index contributed by atoms with van der Waals surface area (Å²) in [5.41, 5.74) is 2.36. The third kappa shape index (κ3) is 21.4. The number of carbonyl (C=O) groups is 1. The maximum absolute atomic E-state index is 11.6. The fraction of sp³-hybridized carbons (Fsp3) is 0.941. The van der Waals surface area contributed by atoms with Gasteiger partial charge >= 0.3 is 6.09 Å². The monoisotopic (exact) mass is 370 g/mol. The van der Waals surface area contributed by atoms with Crippen LogP contribution >= 0.6 is 12.4 Å². The molecule has 7 heteroatoms. The second-order valence-electron chi connectivity index (χ2n) is 6.16. The van der Waals surface area contributed by atoms with Gasteiger partial charge in [0.2, 0.25) is 0 Å². The highest BCUT2D eigenvalue weighted by atomic mass is 35.5. The minimum Gasteiger partial charge on any atom is -0.442 e. The van der Waals surface area contributed by atoms with E-state index in [-0.39, 0.29) is 12.4 Å². The Morgan fingerprint density at radius 1 is 0.958 bits per heavy atom. The molecule has 0 spiro atoms. The maximum Gasteiger partial charge on any atom is 0.434 e. The van der Waals surface area contributed by atoms with Crippen LogP contribution in [0.4, 0.5) is 4.79 Å². The number of hydrogen-bond donors (Lipinski definition) is 1. The SMILES string of the molecule is CCCNOCCC.CCCON(CCC)C(=O)OC(C)(C)C.Cl. The van der Waals surface area contributed by atoms with Crippen molar-refractivity contribution in [2.75, 3.05) is 26.3 Å². The molecule has 0 aromatic heterocycles. The van der Waals surface area contributed by atoms with Crippen molar-refractivity contribution >= 4 is 18.5 Å². The van der Waals surface area contributed by atoms with E-state index in [9.17, 15) is 4.79 Å². The van der Waals surface area contributed by atoms with Gasteiger partial charge < -0.3 is 9.57 Å². The molecule has 24 heavy (non-hydrogen) atoms. The molecule has 0 aliphatic carbocycles. The minimum atomic E-state index is -0.474. The molecular formula is C17H39ClN2O4. The molecule has 1 N–H and O–H groups in total. The van der Waals surface area contributed by atoms with Crippen molar-refractivity contribution in [1.29, 1.82) is 0 Å². The van der Waals surface area contributed by atoms with Gasteiger partial charge in [0.1, 0.15) is 5.60 Å². The number of ether oxygens (including phenoxy) is 1. The molecule has 0 aliphatic rings. The van der Waals surface area contributed by atoms with Gasteiger partial charge in [0.05, 0.1) is 19.8 Å². The Bertz CT molecular complexity index is 268. The van der Waals surface area contributed by atoms with E-state index in [1.807, 2.05) is 34.6 Å². The zero-order chi connectivity index (χ0) is 18.1. The highest BCUT2D eigenvalue weighted by Gasteiger charge is 2.22. The van der Waals surface area contributed by atoms with E-state index in [1.165, 1.54) is 5.06 Å². The van der Waals surface area contributed by atoms with E-state index in [0.717, 1.165) is 38.8 Å². The summed E-state index contributed by atoms with van der Waals surface area (Å²) in [7, 11) is 0. The third-order valence-electron chi connectivity index (χ3n) is 2.24. The predicted octanol–water partition coefficient (Wildman–Crippen LogP) is 4.72. The molecule has 0 aliphatic heterocycles. The molecule has 0 heterocycles. The quantitative estimate of drug-likeness (QED) is 0.445. The van der Waals surface area contributed by atoms with Gasteiger partial charge in [-0.05, 0) is 46.5 Å². The van der Waals surface area contributed by atoms with Gasteiger partial charge in [-0.3, -0.25) is 4.84 Å². The Balaban J connectivity index is -0.000000419. The molecule has 0 aromatic rings. The standard InChI is InChI=1S/C11H23NO3.C6H15NO.ClH/c1-6-8-12(14-9-7-2)10(13)15-11(3,4)5;1-3-5-7-8-6-4-2;/h6-9H2,1-5H3;7H,3-6H2,1-2H3;1H. The number of amides is 1. The molecule has 0 saturated heterocycles. The summed E-state index contributed by atoms with van der Waals surface area (Å²) in [6.07, 6.45) is 3.53. The van der Waals surface area contributed by atoms with Crippen molar-refractivity contribution in [3.63, 3.8) is 0 Å². The van der Waals surface area contributed by atoms with E-state index >= 15 is 0 Å². The normalized spacial score (nSPS) is 10.3. The first kappa shape index (κ1) is 28.3. The Morgan fingerprint density at radius 2 is 1.54 bits per heavy atom. The summed E-state index contributed by atoms with van der Waals surface area (Å²) >= 11 is 0.